The number of anilines is 3. The largest absolute Gasteiger partial charge is 0.394 e. The van der Waals surface area contributed by atoms with Gasteiger partial charge in [-0.1, -0.05) is 6.92 Å². The number of nitrogens with two attached hydrogens (primary N) is 1. The van der Waals surface area contributed by atoms with E-state index in [1.165, 1.54) is 6.20 Å². The number of aromatic nitrogens is 4. The van der Waals surface area contributed by atoms with Gasteiger partial charge in [-0.2, -0.15) is 4.98 Å². The molecule has 2 heterocycles. The van der Waals surface area contributed by atoms with Crippen molar-refractivity contribution in [2.24, 2.45) is 11.7 Å². The number of halogens is 3. The Labute approximate surface area is 193 Å². The number of nitrogens with one attached hydrogen (secondary N) is 2. The van der Waals surface area contributed by atoms with E-state index in [2.05, 4.69) is 25.6 Å². The molecule has 9 nitrogen and oxygen atoms in total. The van der Waals surface area contributed by atoms with E-state index in [0.717, 1.165) is 6.07 Å². The summed E-state index contributed by atoms with van der Waals surface area (Å²) in [5.41, 5.74) is 5.55. The maximum absolute atomic E-state index is 14.4. The van der Waals surface area contributed by atoms with Crippen LogP contribution < -0.4 is 16.4 Å². The monoisotopic (exact) mass is 477 g/mol. The van der Waals surface area contributed by atoms with Crippen LogP contribution in [0, 0.1) is 23.4 Å². The van der Waals surface area contributed by atoms with Gasteiger partial charge in [-0.25, -0.2) is 23.1 Å². The second kappa shape index (κ2) is 9.84. The molecule has 0 bridgehead atoms. The van der Waals surface area contributed by atoms with E-state index < -0.39 is 23.1 Å². The van der Waals surface area contributed by atoms with Crippen molar-refractivity contribution >= 4 is 34.7 Å². The third-order valence-corrected chi connectivity index (χ3v) is 6.22. The number of hydrogen-bond acceptors (Lipinski definition) is 7. The first-order valence-electron chi connectivity index (χ1n) is 11.1. The van der Waals surface area contributed by atoms with Crippen LogP contribution in [0.5, 0.6) is 0 Å². The van der Waals surface area contributed by atoms with Crippen molar-refractivity contribution in [1.29, 1.82) is 0 Å². The van der Waals surface area contributed by atoms with Crippen molar-refractivity contribution in [2.45, 2.75) is 51.1 Å². The molecular formula is C22H26F3N7O2. The fourth-order valence-electron chi connectivity index (χ4n) is 4.23. The summed E-state index contributed by atoms with van der Waals surface area (Å²) in [5, 5.41) is 15.1. The predicted octanol–water partition coefficient (Wildman–Crippen LogP) is 3.39. The first-order valence-corrected chi connectivity index (χ1v) is 11.1. The topological polar surface area (TPSA) is 131 Å². The van der Waals surface area contributed by atoms with Crippen LogP contribution in [0.2, 0.25) is 0 Å². The van der Waals surface area contributed by atoms with Crippen LogP contribution in [-0.4, -0.2) is 43.2 Å². The number of amides is 1. The Bertz CT molecular complexity index is 1190. The summed E-state index contributed by atoms with van der Waals surface area (Å²) in [6.45, 7) is 1.79. The summed E-state index contributed by atoms with van der Waals surface area (Å²) >= 11 is 0. The van der Waals surface area contributed by atoms with E-state index in [0.29, 0.717) is 49.3 Å². The molecular weight excluding hydrogens is 451 g/mol. The van der Waals surface area contributed by atoms with Gasteiger partial charge in [0.1, 0.15) is 17.0 Å². The molecule has 0 radical (unpaired) electrons. The molecule has 4 rings (SSSR count). The molecule has 1 atom stereocenters. The highest BCUT2D eigenvalue weighted by Gasteiger charge is 2.30. The Hall–Kier alpha value is -3.41. The second-order valence-electron chi connectivity index (χ2n) is 8.39. The number of primary amides is 1. The number of carbonyl (C=O) groups excluding carboxylic acids is 1. The van der Waals surface area contributed by atoms with Crippen LogP contribution in [0.15, 0.2) is 18.3 Å². The van der Waals surface area contributed by atoms with E-state index in [4.69, 9.17) is 5.73 Å². The highest BCUT2D eigenvalue weighted by Crippen LogP contribution is 2.37. The number of benzene rings is 1. The van der Waals surface area contributed by atoms with Crippen molar-refractivity contribution in [2.75, 3.05) is 17.2 Å². The van der Waals surface area contributed by atoms with Gasteiger partial charge in [0, 0.05) is 12.0 Å². The Morgan fingerprint density at radius 2 is 1.91 bits per heavy atom. The van der Waals surface area contributed by atoms with Crippen molar-refractivity contribution in [3.8, 4) is 0 Å². The standard InChI is InChI=1S/C22H26F3N7O2/c1-2-12(10-33)28-21-27-9-16-20(31-21)32(13-5-3-11(4-6-13)19(26)34)22(29-16)30-18-15(24)8-7-14(23)17(18)25/h7-9,11-13,33H,2-6,10H2,1H3,(H2,26,34)(H,29,30)(H,27,28,31)/t11?,12-,13?/m0/s1. The Morgan fingerprint density at radius 3 is 2.56 bits per heavy atom. The van der Waals surface area contributed by atoms with Crippen molar-refractivity contribution in [3.05, 3.63) is 35.8 Å². The lowest BCUT2D eigenvalue weighted by atomic mass is 9.85. The van der Waals surface area contributed by atoms with E-state index in [9.17, 15) is 23.1 Å². The minimum Gasteiger partial charge on any atom is -0.394 e. The summed E-state index contributed by atoms with van der Waals surface area (Å²) in [6, 6.07) is 1.07. The number of imidazole rings is 1. The molecule has 0 aliphatic heterocycles. The van der Waals surface area contributed by atoms with E-state index in [1.54, 1.807) is 4.57 Å². The molecule has 1 saturated carbocycles. The second-order valence-corrected chi connectivity index (χ2v) is 8.39. The highest BCUT2D eigenvalue weighted by atomic mass is 19.2. The fourth-order valence-corrected chi connectivity index (χ4v) is 4.23. The lowest BCUT2D eigenvalue weighted by Crippen LogP contribution is -2.29. The van der Waals surface area contributed by atoms with Crippen LogP contribution >= 0.6 is 0 Å². The van der Waals surface area contributed by atoms with Gasteiger partial charge in [0.2, 0.25) is 17.8 Å². The van der Waals surface area contributed by atoms with E-state index in [-0.39, 0.29) is 42.4 Å². The average molecular weight is 477 g/mol. The molecule has 0 spiro atoms. The minimum atomic E-state index is -1.36. The highest BCUT2D eigenvalue weighted by molar-refractivity contribution is 5.78. The van der Waals surface area contributed by atoms with Crippen LogP contribution in [0.4, 0.5) is 30.8 Å². The Kier molecular flexibility index (Phi) is 6.87. The van der Waals surface area contributed by atoms with Gasteiger partial charge in [-0.15, -0.1) is 0 Å². The number of nitrogens with zero attached hydrogens (tertiary/aromatic N) is 4. The minimum absolute atomic E-state index is 0.0709. The molecule has 1 aliphatic carbocycles. The van der Waals surface area contributed by atoms with Gasteiger partial charge >= 0.3 is 0 Å². The van der Waals surface area contributed by atoms with E-state index in [1.807, 2.05) is 6.92 Å². The first kappa shape index (κ1) is 23.7. The normalized spacial score (nSPS) is 19.2. The molecule has 34 heavy (non-hydrogen) atoms. The van der Waals surface area contributed by atoms with Crippen LogP contribution in [0.25, 0.3) is 11.2 Å². The lowest BCUT2D eigenvalue weighted by molar-refractivity contribution is -0.122. The van der Waals surface area contributed by atoms with Crippen molar-refractivity contribution in [3.63, 3.8) is 0 Å². The van der Waals surface area contributed by atoms with Crippen molar-refractivity contribution in [1.82, 2.24) is 19.5 Å². The zero-order chi connectivity index (χ0) is 24.4. The molecule has 5 N–H and O–H groups in total. The molecule has 1 fully saturated rings. The molecule has 2 aromatic heterocycles. The van der Waals surface area contributed by atoms with Gasteiger partial charge in [0.05, 0.1) is 18.8 Å². The number of aliphatic hydroxyl groups excluding tert-OH is 1. The van der Waals surface area contributed by atoms with Gasteiger partial charge in [-0.3, -0.25) is 9.36 Å². The first-order chi connectivity index (χ1) is 16.3. The number of hydrogen-bond donors (Lipinski definition) is 4. The number of rotatable bonds is 8. The summed E-state index contributed by atoms with van der Waals surface area (Å²) in [6.07, 6.45) is 4.30. The molecule has 0 saturated heterocycles. The Balaban J connectivity index is 1.77. The van der Waals surface area contributed by atoms with E-state index >= 15 is 0 Å². The third-order valence-electron chi connectivity index (χ3n) is 6.22. The quantitative estimate of drug-likeness (QED) is 0.366. The number of fused-ring (bicyclic) bond motifs is 1. The maximum atomic E-state index is 14.4. The molecule has 1 amide bonds. The summed E-state index contributed by atoms with van der Waals surface area (Å²) < 4.78 is 44.2. The summed E-state index contributed by atoms with van der Waals surface area (Å²) in [4.78, 5) is 24.8. The van der Waals surface area contributed by atoms with Gasteiger partial charge in [-0.05, 0) is 44.2 Å². The summed E-state index contributed by atoms with van der Waals surface area (Å²) in [7, 11) is 0. The lowest BCUT2D eigenvalue weighted by Gasteiger charge is -2.29. The number of carbonyl (C=O) groups is 1. The van der Waals surface area contributed by atoms with Gasteiger partial charge in [0.25, 0.3) is 0 Å². The summed E-state index contributed by atoms with van der Waals surface area (Å²) in [5.74, 6) is -3.82. The molecule has 1 aliphatic rings. The van der Waals surface area contributed by atoms with Crippen LogP contribution in [-0.2, 0) is 4.79 Å². The average Bonchev–Trinajstić information content (AvgIpc) is 3.20. The smallest absolute Gasteiger partial charge is 0.225 e. The molecule has 1 aromatic carbocycles. The zero-order valence-electron chi connectivity index (χ0n) is 18.6. The number of aliphatic hydroxyl groups is 1. The predicted molar refractivity (Wildman–Crippen MR) is 120 cm³/mol. The van der Waals surface area contributed by atoms with Crippen LogP contribution in [0.3, 0.4) is 0 Å². The van der Waals surface area contributed by atoms with Gasteiger partial charge < -0.3 is 21.5 Å². The molecule has 3 aromatic rings. The van der Waals surface area contributed by atoms with Crippen molar-refractivity contribution < 1.29 is 23.1 Å². The Morgan fingerprint density at radius 1 is 1.21 bits per heavy atom. The SMILES string of the molecule is CC[C@@H](CO)Nc1ncc2nc(Nc3c(F)ccc(F)c3F)n(C3CCC(C(N)=O)CC3)c2n1. The fraction of sp³-hybridized carbons (Fsp3) is 0.455. The molecule has 182 valence electrons. The van der Waals surface area contributed by atoms with Crippen LogP contribution in [0.1, 0.15) is 45.1 Å². The zero-order valence-corrected chi connectivity index (χ0v) is 18.6. The third kappa shape index (κ3) is 4.63. The molecule has 0 unspecified atom stereocenters. The van der Waals surface area contributed by atoms with Gasteiger partial charge in [0.15, 0.2) is 17.3 Å². The molecule has 12 heteroatoms. The maximum Gasteiger partial charge on any atom is 0.225 e.